The fraction of sp³-hybridized carbons (Fsp3) is 0.379. The first-order valence-corrected chi connectivity index (χ1v) is 14.5. The van der Waals surface area contributed by atoms with E-state index < -0.39 is 27.8 Å². The molecular weight excluding hydrogens is 522 g/mol. The average molecular weight is 556 g/mol. The van der Waals surface area contributed by atoms with Crippen LogP contribution in [0.25, 0.3) is 11.1 Å². The number of hydrogen-bond donors (Lipinski definition) is 0. The van der Waals surface area contributed by atoms with E-state index in [4.69, 9.17) is 16.3 Å². The van der Waals surface area contributed by atoms with E-state index in [9.17, 15) is 13.2 Å². The van der Waals surface area contributed by atoms with E-state index in [1.807, 2.05) is 57.3 Å². The van der Waals surface area contributed by atoms with Gasteiger partial charge in [-0.2, -0.15) is 4.31 Å². The van der Waals surface area contributed by atoms with Gasteiger partial charge in [-0.25, -0.2) is 13.2 Å². The van der Waals surface area contributed by atoms with E-state index in [0.717, 1.165) is 28.7 Å². The molecule has 1 aromatic heterocycles. The highest BCUT2D eigenvalue weighted by atomic mass is 35.5. The van der Waals surface area contributed by atoms with Crippen molar-refractivity contribution in [3.05, 3.63) is 82.6 Å². The molecule has 38 heavy (non-hydrogen) atoms. The Balaban J connectivity index is 1.79. The van der Waals surface area contributed by atoms with Crippen LogP contribution in [-0.4, -0.2) is 53.9 Å². The summed E-state index contributed by atoms with van der Waals surface area (Å²) in [7, 11) is -3.93. The Morgan fingerprint density at radius 2 is 1.87 bits per heavy atom. The molecule has 7 nitrogen and oxygen atoms in total. The molecule has 0 bridgehead atoms. The number of piperazine rings is 1. The predicted octanol–water partition coefficient (Wildman–Crippen LogP) is 6.26. The maximum absolute atomic E-state index is 14.0. The number of benzene rings is 2. The van der Waals surface area contributed by atoms with Crippen molar-refractivity contribution in [1.29, 1.82) is 0 Å². The van der Waals surface area contributed by atoms with Gasteiger partial charge in [0, 0.05) is 37.1 Å². The third kappa shape index (κ3) is 5.87. The lowest BCUT2D eigenvalue weighted by Gasteiger charge is -2.41. The predicted molar refractivity (Wildman–Crippen MR) is 150 cm³/mol. The Hall–Kier alpha value is -2.94. The summed E-state index contributed by atoms with van der Waals surface area (Å²) in [5.74, 6) is 0. The zero-order valence-electron chi connectivity index (χ0n) is 22.4. The van der Waals surface area contributed by atoms with E-state index in [1.54, 1.807) is 36.2 Å². The fourth-order valence-electron chi connectivity index (χ4n) is 4.72. The molecule has 2 heterocycles. The Labute approximate surface area is 230 Å². The highest BCUT2D eigenvalue weighted by molar-refractivity contribution is 7.89. The molecule has 1 aliphatic rings. The molecule has 1 saturated heterocycles. The minimum absolute atomic E-state index is 0.123. The average Bonchev–Trinajstić information content (AvgIpc) is 2.88. The maximum Gasteiger partial charge on any atom is 0.410 e. The Kier molecular flexibility index (Phi) is 8.16. The van der Waals surface area contributed by atoms with Gasteiger partial charge >= 0.3 is 6.09 Å². The van der Waals surface area contributed by atoms with Crippen LogP contribution in [0.5, 0.6) is 0 Å². The van der Waals surface area contributed by atoms with Gasteiger partial charge in [-0.3, -0.25) is 4.98 Å². The lowest BCUT2D eigenvalue weighted by Crippen LogP contribution is -2.53. The lowest BCUT2D eigenvalue weighted by atomic mass is 9.95. The number of halogens is 1. The quantitative estimate of drug-likeness (QED) is 0.371. The van der Waals surface area contributed by atoms with Gasteiger partial charge in [0.1, 0.15) is 5.60 Å². The van der Waals surface area contributed by atoms with Crippen LogP contribution in [0, 0.1) is 6.92 Å². The molecule has 0 N–H and O–H groups in total. The van der Waals surface area contributed by atoms with Gasteiger partial charge < -0.3 is 9.64 Å². The van der Waals surface area contributed by atoms with Crippen molar-refractivity contribution in [2.75, 3.05) is 19.6 Å². The first kappa shape index (κ1) is 28.1. The molecule has 0 saturated carbocycles. The zero-order chi connectivity index (χ0) is 27.7. The lowest BCUT2D eigenvalue weighted by molar-refractivity contribution is 0.0131. The van der Waals surface area contributed by atoms with Crippen LogP contribution < -0.4 is 0 Å². The van der Waals surface area contributed by atoms with Crippen LogP contribution in [0.3, 0.4) is 0 Å². The van der Waals surface area contributed by atoms with Crippen molar-refractivity contribution in [1.82, 2.24) is 14.2 Å². The number of ether oxygens (including phenoxy) is 1. The van der Waals surface area contributed by atoms with E-state index in [0.29, 0.717) is 10.6 Å². The van der Waals surface area contributed by atoms with Crippen molar-refractivity contribution in [2.45, 2.75) is 57.6 Å². The second-order valence-electron chi connectivity index (χ2n) is 10.4. The number of carbonyl (C=O) groups excluding carboxylic acids is 1. The van der Waals surface area contributed by atoms with Crippen LogP contribution in [0.15, 0.2) is 65.8 Å². The second kappa shape index (κ2) is 11.0. The molecule has 1 aliphatic heterocycles. The van der Waals surface area contributed by atoms with Crippen molar-refractivity contribution in [3.8, 4) is 11.1 Å². The molecule has 202 valence electrons. The SMILES string of the molecule is CCc1cnccc1-c1cccc(C2CN(C(=O)OC(C)(C)C)CCN2S(=O)(=O)c2cccc(Cl)c2C)c1. The molecule has 1 unspecified atom stereocenters. The molecule has 9 heteroatoms. The number of pyridine rings is 1. The fourth-order valence-corrected chi connectivity index (χ4v) is 6.79. The van der Waals surface area contributed by atoms with Crippen LogP contribution >= 0.6 is 11.6 Å². The Bertz CT molecular complexity index is 1440. The van der Waals surface area contributed by atoms with Gasteiger partial charge in [0.05, 0.1) is 10.9 Å². The number of rotatable bonds is 5. The van der Waals surface area contributed by atoms with Gasteiger partial charge in [0.15, 0.2) is 0 Å². The van der Waals surface area contributed by atoms with Gasteiger partial charge in [-0.15, -0.1) is 0 Å². The first-order chi connectivity index (χ1) is 17.9. The van der Waals surface area contributed by atoms with Crippen LogP contribution in [-0.2, 0) is 21.2 Å². The molecule has 1 fully saturated rings. The molecule has 2 aromatic carbocycles. The van der Waals surface area contributed by atoms with Crippen molar-refractivity contribution < 1.29 is 17.9 Å². The number of amides is 1. The number of carbonyl (C=O) groups is 1. The molecule has 0 aliphatic carbocycles. The summed E-state index contributed by atoms with van der Waals surface area (Å²) in [6.45, 7) is 9.72. The molecular formula is C29H34ClN3O4S. The van der Waals surface area contributed by atoms with Crippen LogP contribution in [0.2, 0.25) is 5.02 Å². The smallest absolute Gasteiger partial charge is 0.410 e. The monoisotopic (exact) mass is 555 g/mol. The van der Waals surface area contributed by atoms with Crippen molar-refractivity contribution >= 4 is 27.7 Å². The number of nitrogens with zero attached hydrogens (tertiary/aromatic N) is 3. The minimum Gasteiger partial charge on any atom is -0.444 e. The van der Waals surface area contributed by atoms with Crippen molar-refractivity contribution in [2.24, 2.45) is 0 Å². The third-order valence-electron chi connectivity index (χ3n) is 6.65. The standard InChI is InChI=1S/C29H34ClN3O4S/c1-6-21-18-31-14-13-24(21)22-9-7-10-23(17-22)26-19-32(28(34)37-29(3,4)5)15-16-33(26)38(35,36)27-12-8-11-25(30)20(27)2/h7-14,17-18,26H,6,15-16,19H2,1-5H3. The second-order valence-corrected chi connectivity index (χ2v) is 12.7. The number of hydrogen-bond acceptors (Lipinski definition) is 5. The first-order valence-electron chi connectivity index (χ1n) is 12.7. The molecule has 3 aromatic rings. The van der Waals surface area contributed by atoms with Gasteiger partial charge in [0.25, 0.3) is 0 Å². The molecule has 4 rings (SSSR count). The molecule has 0 spiro atoms. The summed E-state index contributed by atoms with van der Waals surface area (Å²) in [5, 5.41) is 0.391. The maximum atomic E-state index is 14.0. The van der Waals surface area contributed by atoms with E-state index in [1.165, 1.54) is 4.31 Å². The summed E-state index contributed by atoms with van der Waals surface area (Å²) in [5.41, 5.74) is 3.74. The Morgan fingerprint density at radius 1 is 1.13 bits per heavy atom. The highest BCUT2D eigenvalue weighted by Crippen LogP contribution is 2.36. The van der Waals surface area contributed by atoms with Crippen LogP contribution in [0.1, 0.15) is 50.4 Å². The summed E-state index contributed by atoms with van der Waals surface area (Å²) in [4.78, 5) is 19.0. The topological polar surface area (TPSA) is 79.8 Å². The van der Waals surface area contributed by atoms with E-state index in [-0.39, 0.29) is 24.5 Å². The number of aromatic nitrogens is 1. The molecule has 1 amide bonds. The minimum atomic E-state index is -3.93. The van der Waals surface area contributed by atoms with Crippen molar-refractivity contribution in [3.63, 3.8) is 0 Å². The highest BCUT2D eigenvalue weighted by Gasteiger charge is 2.40. The van der Waals surface area contributed by atoms with Gasteiger partial charge in [0.2, 0.25) is 10.0 Å². The Morgan fingerprint density at radius 3 is 2.58 bits per heavy atom. The number of aryl methyl sites for hydroxylation is 1. The van der Waals surface area contributed by atoms with Gasteiger partial charge in [-0.05, 0) is 86.2 Å². The zero-order valence-corrected chi connectivity index (χ0v) is 24.0. The molecule has 0 radical (unpaired) electrons. The number of sulfonamides is 1. The summed E-state index contributed by atoms with van der Waals surface area (Å²) in [6.07, 6.45) is 3.96. The van der Waals surface area contributed by atoms with Crippen LogP contribution in [0.4, 0.5) is 4.79 Å². The summed E-state index contributed by atoms with van der Waals surface area (Å²) in [6, 6.07) is 14.1. The summed E-state index contributed by atoms with van der Waals surface area (Å²) >= 11 is 6.30. The van der Waals surface area contributed by atoms with E-state index >= 15 is 0 Å². The normalized spacial score (nSPS) is 16.9. The van der Waals surface area contributed by atoms with E-state index in [2.05, 4.69) is 11.9 Å². The largest absolute Gasteiger partial charge is 0.444 e. The third-order valence-corrected chi connectivity index (χ3v) is 9.12. The summed E-state index contributed by atoms with van der Waals surface area (Å²) < 4.78 is 35.2. The van der Waals surface area contributed by atoms with Gasteiger partial charge in [-0.1, -0.05) is 42.8 Å². The molecule has 1 atom stereocenters.